The summed E-state index contributed by atoms with van der Waals surface area (Å²) in [4.78, 5) is 14.8. The highest BCUT2D eigenvalue weighted by atomic mass is 32.2. The van der Waals surface area contributed by atoms with Gasteiger partial charge in [-0.25, -0.2) is 0 Å². The normalized spacial score (nSPS) is 10.6. The molecule has 0 unspecified atom stereocenters. The van der Waals surface area contributed by atoms with Gasteiger partial charge in [0.25, 0.3) is 0 Å². The SMILES string of the molecule is CSCCCC(=O)Nc1c[nH]c2ccccc12. The number of fused-ring (bicyclic) bond motifs is 1. The summed E-state index contributed by atoms with van der Waals surface area (Å²) in [5.41, 5.74) is 1.92. The van der Waals surface area contributed by atoms with Crippen molar-refractivity contribution in [2.75, 3.05) is 17.3 Å². The highest BCUT2D eigenvalue weighted by Gasteiger charge is 2.06. The average Bonchev–Trinajstić information content (AvgIpc) is 2.73. The lowest BCUT2D eigenvalue weighted by atomic mass is 10.2. The maximum absolute atomic E-state index is 11.7. The topological polar surface area (TPSA) is 44.9 Å². The molecule has 1 aromatic heterocycles. The molecule has 90 valence electrons. The molecule has 3 nitrogen and oxygen atoms in total. The van der Waals surface area contributed by atoms with E-state index < -0.39 is 0 Å². The van der Waals surface area contributed by atoms with Crippen LogP contribution >= 0.6 is 11.8 Å². The van der Waals surface area contributed by atoms with E-state index in [1.165, 1.54) is 0 Å². The van der Waals surface area contributed by atoms with Crippen LogP contribution in [0.4, 0.5) is 5.69 Å². The highest BCUT2D eigenvalue weighted by Crippen LogP contribution is 2.22. The van der Waals surface area contributed by atoms with E-state index in [0.29, 0.717) is 6.42 Å². The van der Waals surface area contributed by atoms with E-state index >= 15 is 0 Å². The Kier molecular flexibility index (Phi) is 4.09. The Morgan fingerprint density at radius 3 is 3.06 bits per heavy atom. The molecule has 2 aromatic rings. The lowest BCUT2D eigenvalue weighted by molar-refractivity contribution is -0.116. The number of aromatic nitrogens is 1. The predicted octanol–water partition coefficient (Wildman–Crippen LogP) is 3.25. The summed E-state index contributed by atoms with van der Waals surface area (Å²) < 4.78 is 0. The number of aromatic amines is 1. The first-order valence-electron chi connectivity index (χ1n) is 5.66. The van der Waals surface area contributed by atoms with Crippen LogP contribution in [0.5, 0.6) is 0 Å². The minimum Gasteiger partial charge on any atom is -0.359 e. The quantitative estimate of drug-likeness (QED) is 0.798. The van der Waals surface area contributed by atoms with E-state index in [4.69, 9.17) is 0 Å². The van der Waals surface area contributed by atoms with Crippen molar-refractivity contribution >= 4 is 34.3 Å². The smallest absolute Gasteiger partial charge is 0.224 e. The first-order valence-corrected chi connectivity index (χ1v) is 7.05. The van der Waals surface area contributed by atoms with Gasteiger partial charge in [-0.15, -0.1) is 0 Å². The van der Waals surface area contributed by atoms with E-state index in [9.17, 15) is 4.79 Å². The zero-order valence-electron chi connectivity index (χ0n) is 9.82. The van der Waals surface area contributed by atoms with Crippen molar-refractivity contribution in [1.29, 1.82) is 0 Å². The average molecular weight is 248 g/mol. The largest absolute Gasteiger partial charge is 0.359 e. The fourth-order valence-electron chi connectivity index (χ4n) is 1.76. The molecule has 0 saturated carbocycles. The molecule has 0 bridgehead atoms. The second kappa shape index (κ2) is 5.77. The summed E-state index contributed by atoms with van der Waals surface area (Å²) in [5.74, 6) is 1.12. The molecular formula is C13H16N2OS. The van der Waals surface area contributed by atoms with E-state index in [0.717, 1.165) is 28.8 Å². The van der Waals surface area contributed by atoms with E-state index in [2.05, 4.69) is 16.6 Å². The van der Waals surface area contributed by atoms with Crippen molar-refractivity contribution in [3.8, 4) is 0 Å². The number of carbonyl (C=O) groups excluding carboxylic acids is 1. The number of amides is 1. The third-order valence-corrected chi connectivity index (χ3v) is 3.31. The summed E-state index contributed by atoms with van der Waals surface area (Å²) in [6, 6.07) is 7.95. The van der Waals surface area contributed by atoms with Gasteiger partial charge in [0, 0.05) is 23.5 Å². The molecule has 1 amide bonds. The summed E-state index contributed by atoms with van der Waals surface area (Å²) >= 11 is 1.77. The minimum absolute atomic E-state index is 0.0869. The zero-order valence-corrected chi connectivity index (χ0v) is 10.6. The van der Waals surface area contributed by atoms with Crippen molar-refractivity contribution in [1.82, 2.24) is 4.98 Å². The fourth-order valence-corrected chi connectivity index (χ4v) is 2.20. The second-order valence-corrected chi connectivity index (χ2v) is 4.88. The van der Waals surface area contributed by atoms with Crippen molar-refractivity contribution in [2.45, 2.75) is 12.8 Å². The summed E-state index contributed by atoms with van der Waals surface area (Å²) in [6.07, 6.45) is 5.41. The molecule has 1 heterocycles. The van der Waals surface area contributed by atoms with Crippen molar-refractivity contribution in [2.24, 2.45) is 0 Å². The molecule has 1 aromatic carbocycles. The van der Waals surface area contributed by atoms with Crippen molar-refractivity contribution in [3.05, 3.63) is 30.5 Å². The third kappa shape index (κ3) is 3.03. The standard InChI is InChI=1S/C13H16N2OS/c1-17-8-4-7-13(16)15-12-9-14-11-6-3-2-5-10(11)12/h2-3,5-6,9,14H,4,7-8H2,1H3,(H,15,16). The third-order valence-electron chi connectivity index (χ3n) is 2.62. The van der Waals surface area contributed by atoms with E-state index in [-0.39, 0.29) is 5.91 Å². The monoisotopic (exact) mass is 248 g/mol. The van der Waals surface area contributed by atoms with Crippen LogP contribution in [0, 0.1) is 0 Å². The van der Waals surface area contributed by atoms with Gasteiger partial charge in [0.1, 0.15) is 0 Å². The maximum atomic E-state index is 11.7. The molecule has 0 fully saturated rings. The summed E-state index contributed by atoms with van der Waals surface area (Å²) in [6.45, 7) is 0. The Morgan fingerprint density at radius 1 is 1.41 bits per heavy atom. The molecule has 0 aliphatic rings. The Hall–Kier alpha value is -1.42. The van der Waals surface area contributed by atoms with Crippen LogP contribution in [-0.4, -0.2) is 22.9 Å². The van der Waals surface area contributed by atoms with Crippen LogP contribution in [0.15, 0.2) is 30.5 Å². The Labute approximate surface area is 105 Å². The molecular weight excluding hydrogens is 232 g/mol. The van der Waals surface area contributed by atoms with Crippen molar-refractivity contribution in [3.63, 3.8) is 0 Å². The second-order valence-electron chi connectivity index (χ2n) is 3.89. The molecule has 0 saturated heterocycles. The number of thioether (sulfide) groups is 1. The van der Waals surface area contributed by atoms with Crippen LogP contribution in [0.25, 0.3) is 10.9 Å². The first kappa shape index (κ1) is 12.0. The van der Waals surface area contributed by atoms with Crippen LogP contribution in [0.3, 0.4) is 0 Å². The number of anilines is 1. The molecule has 2 rings (SSSR count). The molecule has 0 aliphatic heterocycles. The highest BCUT2D eigenvalue weighted by molar-refractivity contribution is 7.98. The lowest BCUT2D eigenvalue weighted by Gasteiger charge is -2.03. The van der Waals surface area contributed by atoms with Crippen molar-refractivity contribution < 1.29 is 4.79 Å². The molecule has 4 heteroatoms. The number of para-hydroxylation sites is 1. The van der Waals surface area contributed by atoms with E-state index in [1.807, 2.05) is 30.5 Å². The molecule has 2 N–H and O–H groups in total. The Balaban J connectivity index is 2.01. The lowest BCUT2D eigenvalue weighted by Crippen LogP contribution is -2.10. The first-order chi connectivity index (χ1) is 8.31. The van der Waals surface area contributed by atoms with Gasteiger partial charge < -0.3 is 10.3 Å². The molecule has 0 aliphatic carbocycles. The number of carbonyl (C=O) groups is 1. The van der Waals surface area contributed by atoms with Crippen LogP contribution < -0.4 is 5.32 Å². The van der Waals surface area contributed by atoms with Gasteiger partial charge >= 0.3 is 0 Å². The van der Waals surface area contributed by atoms with Crippen LogP contribution in [0.2, 0.25) is 0 Å². The Morgan fingerprint density at radius 2 is 2.24 bits per heavy atom. The molecule has 0 radical (unpaired) electrons. The molecule has 0 spiro atoms. The van der Waals surface area contributed by atoms with Gasteiger partial charge in [-0.05, 0) is 24.5 Å². The van der Waals surface area contributed by atoms with E-state index in [1.54, 1.807) is 11.8 Å². The van der Waals surface area contributed by atoms with Gasteiger partial charge in [0.05, 0.1) is 5.69 Å². The maximum Gasteiger partial charge on any atom is 0.224 e. The Bertz CT molecular complexity index is 507. The van der Waals surface area contributed by atoms with Gasteiger partial charge in [0.15, 0.2) is 0 Å². The molecule has 17 heavy (non-hydrogen) atoms. The number of nitrogens with one attached hydrogen (secondary N) is 2. The number of H-pyrrole nitrogens is 1. The summed E-state index contributed by atoms with van der Waals surface area (Å²) in [5, 5.41) is 4.01. The summed E-state index contributed by atoms with van der Waals surface area (Å²) in [7, 11) is 0. The zero-order chi connectivity index (χ0) is 12.1. The van der Waals surface area contributed by atoms with Gasteiger partial charge in [-0.1, -0.05) is 18.2 Å². The number of hydrogen-bond donors (Lipinski definition) is 2. The van der Waals surface area contributed by atoms with Gasteiger partial charge in [-0.3, -0.25) is 4.79 Å². The van der Waals surface area contributed by atoms with Crippen LogP contribution in [-0.2, 0) is 4.79 Å². The van der Waals surface area contributed by atoms with Gasteiger partial charge in [0.2, 0.25) is 5.91 Å². The fraction of sp³-hybridized carbons (Fsp3) is 0.308. The number of benzene rings is 1. The minimum atomic E-state index is 0.0869. The molecule has 0 atom stereocenters. The van der Waals surface area contributed by atoms with Crippen LogP contribution in [0.1, 0.15) is 12.8 Å². The predicted molar refractivity (Wildman–Crippen MR) is 74.5 cm³/mol. The number of rotatable bonds is 5. The number of hydrogen-bond acceptors (Lipinski definition) is 2. The van der Waals surface area contributed by atoms with Gasteiger partial charge in [-0.2, -0.15) is 11.8 Å².